The van der Waals surface area contributed by atoms with Gasteiger partial charge in [0, 0.05) is 6.20 Å². The standard InChI is InChI=1S/C8H10N2/c1-2-3-4-5-8-6-7-9-10-8/h2-7H,1H3,(H,9,10). The smallest absolute Gasteiger partial charge is 0.0577 e. The SMILES string of the molecule is CC=CC=Cc1ccn[nH]1. The Kier molecular flexibility index (Phi) is 2.49. The fourth-order valence-electron chi connectivity index (χ4n) is 0.630. The quantitative estimate of drug-likeness (QED) is 0.616. The lowest BCUT2D eigenvalue weighted by Gasteiger charge is -1.78. The van der Waals surface area contributed by atoms with Crippen LogP contribution in [0.5, 0.6) is 0 Å². The van der Waals surface area contributed by atoms with E-state index < -0.39 is 0 Å². The number of nitrogens with one attached hydrogen (secondary N) is 1. The second kappa shape index (κ2) is 3.67. The van der Waals surface area contributed by atoms with E-state index in [9.17, 15) is 0 Å². The van der Waals surface area contributed by atoms with Crippen molar-refractivity contribution in [3.63, 3.8) is 0 Å². The number of H-pyrrole nitrogens is 1. The molecule has 52 valence electrons. The van der Waals surface area contributed by atoms with Crippen molar-refractivity contribution < 1.29 is 0 Å². The summed E-state index contributed by atoms with van der Waals surface area (Å²) in [6, 6.07) is 1.92. The summed E-state index contributed by atoms with van der Waals surface area (Å²) in [5.41, 5.74) is 1.03. The molecule has 0 radical (unpaired) electrons. The first kappa shape index (κ1) is 6.81. The van der Waals surface area contributed by atoms with Crippen LogP contribution in [-0.4, -0.2) is 10.2 Å². The summed E-state index contributed by atoms with van der Waals surface area (Å²) < 4.78 is 0. The summed E-state index contributed by atoms with van der Waals surface area (Å²) in [6.45, 7) is 1.98. The minimum Gasteiger partial charge on any atom is -0.278 e. The molecule has 1 N–H and O–H groups in total. The highest BCUT2D eigenvalue weighted by molar-refractivity contribution is 5.45. The topological polar surface area (TPSA) is 28.7 Å². The largest absolute Gasteiger partial charge is 0.278 e. The molecule has 0 bridgehead atoms. The normalized spacial score (nSPS) is 11.7. The predicted molar refractivity (Wildman–Crippen MR) is 42.4 cm³/mol. The fourth-order valence-corrected chi connectivity index (χ4v) is 0.630. The van der Waals surface area contributed by atoms with Gasteiger partial charge in [-0.2, -0.15) is 5.10 Å². The van der Waals surface area contributed by atoms with Crippen LogP contribution in [0.15, 0.2) is 30.5 Å². The van der Waals surface area contributed by atoms with Gasteiger partial charge in [0.15, 0.2) is 0 Å². The van der Waals surface area contributed by atoms with Crippen LogP contribution in [0.4, 0.5) is 0 Å². The maximum Gasteiger partial charge on any atom is 0.0577 e. The van der Waals surface area contributed by atoms with Gasteiger partial charge < -0.3 is 0 Å². The predicted octanol–water partition coefficient (Wildman–Crippen LogP) is 2.00. The number of nitrogens with zero attached hydrogens (tertiary/aromatic N) is 1. The van der Waals surface area contributed by atoms with Crippen LogP contribution in [0, 0.1) is 0 Å². The van der Waals surface area contributed by atoms with E-state index in [1.807, 2.05) is 37.3 Å². The first-order valence-corrected chi connectivity index (χ1v) is 3.22. The first-order valence-electron chi connectivity index (χ1n) is 3.22. The number of hydrogen-bond acceptors (Lipinski definition) is 1. The molecule has 0 amide bonds. The molecule has 0 saturated carbocycles. The number of aromatic nitrogens is 2. The van der Waals surface area contributed by atoms with E-state index in [2.05, 4.69) is 10.2 Å². The molecule has 0 aliphatic heterocycles. The third-order valence-corrected chi connectivity index (χ3v) is 1.10. The molecule has 2 heteroatoms. The molecule has 1 heterocycles. The van der Waals surface area contributed by atoms with Crippen molar-refractivity contribution in [2.75, 3.05) is 0 Å². The van der Waals surface area contributed by atoms with Gasteiger partial charge in [0.2, 0.25) is 0 Å². The molecule has 1 aromatic heterocycles. The monoisotopic (exact) mass is 134 g/mol. The van der Waals surface area contributed by atoms with Gasteiger partial charge in [-0.25, -0.2) is 0 Å². The number of rotatable bonds is 2. The Hall–Kier alpha value is -1.31. The van der Waals surface area contributed by atoms with E-state index in [0.717, 1.165) is 5.69 Å². The molecular weight excluding hydrogens is 124 g/mol. The summed E-state index contributed by atoms with van der Waals surface area (Å²) in [4.78, 5) is 0. The Balaban J connectivity index is 2.55. The van der Waals surface area contributed by atoms with Gasteiger partial charge in [0.25, 0.3) is 0 Å². The van der Waals surface area contributed by atoms with Gasteiger partial charge in [0.1, 0.15) is 0 Å². The van der Waals surface area contributed by atoms with Crippen molar-refractivity contribution in [1.29, 1.82) is 0 Å². The Morgan fingerprint density at radius 2 is 2.40 bits per heavy atom. The van der Waals surface area contributed by atoms with E-state index >= 15 is 0 Å². The number of allylic oxidation sites excluding steroid dienone is 3. The van der Waals surface area contributed by atoms with Crippen LogP contribution < -0.4 is 0 Å². The highest BCUT2D eigenvalue weighted by Gasteiger charge is 1.80. The van der Waals surface area contributed by atoms with Crippen molar-refractivity contribution in [1.82, 2.24) is 10.2 Å². The molecule has 0 fully saturated rings. The minimum atomic E-state index is 1.03. The molecule has 0 saturated heterocycles. The lowest BCUT2D eigenvalue weighted by Crippen LogP contribution is -1.68. The van der Waals surface area contributed by atoms with Crippen molar-refractivity contribution in [3.05, 3.63) is 36.2 Å². The summed E-state index contributed by atoms with van der Waals surface area (Å²) in [7, 11) is 0. The van der Waals surface area contributed by atoms with E-state index in [1.54, 1.807) is 6.20 Å². The number of aromatic amines is 1. The van der Waals surface area contributed by atoms with Crippen molar-refractivity contribution in [2.24, 2.45) is 0 Å². The van der Waals surface area contributed by atoms with Gasteiger partial charge >= 0.3 is 0 Å². The second-order valence-corrected chi connectivity index (χ2v) is 1.90. The Bertz CT molecular complexity index is 219. The van der Waals surface area contributed by atoms with Crippen molar-refractivity contribution >= 4 is 6.08 Å². The third-order valence-electron chi connectivity index (χ3n) is 1.10. The molecule has 0 spiro atoms. The van der Waals surface area contributed by atoms with E-state index in [0.29, 0.717) is 0 Å². The molecular formula is C8H10N2. The Morgan fingerprint density at radius 3 is 3.00 bits per heavy atom. The Morgan fingerprint density at radius 1 is 1.50 bits per heavy atom. The van der Waals surface area contributed by atoms with Crippen molar-refractivity contribution in [2.45, 2.75) is 6.92 Å². The molecule has 1 rings (SSSR count). The zero-order valence-electron chi connectivity index (χ0n) is 5.91. The number of hydrogen-bond donors (Lipinski definition) is 1. The van der Waals surface area contributed by atoms with Crippen molar-refractivity contribution in [3.8, 4) is 0 Å². The summed E-state index contributed by atoms with van der Waals surface area (Å²) in [5, 5.41) is 6.63. The lowest BCUT2D eigenvalue weighted by atomic mass is 10.3. The molecule has 0 unspecified atom stereocenters. The summed E-state index contributed by atoms with van der Waals surface area (Å²) in [5.74, 6) is 0. The van der Waals surface area contributed by atoms with Crippen LogP contribution in [0.3, 0.4) is 0 Å². The second-order valence-electron chi connectivity index (χ2n) is 1.90. The fraction of sp³-hybridized carbons (Fsp3) is 0.125. The zero-order valence-corrected chi connectivity index (χ0v) is 5.91. The van der Waals surface area contributed by atoms with Gasteiger partial charge in [-0.3, -0.25) is 5.10 Å². The third kappa shape index (κ3) is 1.90. The highest BCUT2D eigenvalue weighted by Crippen LogP contribution is 1.94. The summed E-state index contributed by atoms with van der Waals surface area (Å²) >= 11 is 0. The van der Waals surface area contributed by atoms with Crippen LogP contribution in [0.2, 0.25) is 0 Å². The average molecular weight is 134 g/mol. The maximum absolute atomic E-state index is 3.80. The van der Waals surface area contributed by atoms with Crippen LogP contribution in [0.1, 0.15) is 12.6 Å². The average Bonchev–Trinajstić information content (AvgIpc) is 2.41. The van der Waals surface area contributed by atoms with Gasteiger partial charge in [0.05, 0.1) is 5.69 Å². The molecule has 1 aromatic rings. The molecule has 10 heavy (non-hydrogen) atoms. The Labute approximate surface area is 60.3 Å². The van der Waals surface area contributed by atoms with Gasteiger partial charge in [-0.1, -0.05) is 18.2 Å². The zero-order chi connectivity index (χ0) is 7.23. The molecule has 0 atom stereocenters. The molecule has 0 aromatic carbocycles. The minimum absolute atomic E-state index is 1.03. The maximum atomic E-state index is 3.80. The molecule has 2 nitrogen and oxygen atoms in total. The van der Waals surface area contributed by atoms with Crippen LogP contribution in [-0.2, 0) is 0 Å². The van der Waals surface area contributed by atoms with E-state index in [1.165, 1.54) is 0 Å². The highest BCUT2D eigenvalue weighted by atomic mass is 15.1. The van der Waals surface area contributed by atoms with Gasteiger partial charge in [-0.05, 0) is 19.1 Å². The molecule has 0 aliphatic carbocycles. The first-order chi connectivity index (χ1) is 4.93. The van der Waals surface area contributed by atoms with E-state index in [4.69, 9.17) is 0 Å². The molecule has 0 aliphatic rings. The van der Waals surface area contributed by atoms with Crippen LogP contribution in [0.25, 0.3) is 6.08 Å². The lowest BCUT2D eigenvalue weighted by molar-refractivity contribution is 1.08. The van der Waals surface area contributed by atoms with E-state index in [-0.39, 0.29) is 0 Å². The van der Waals surface area contributed by atoms with Gasteiger partial charge in [-0.15, -0.1) is 0 Å². The summed E-state index contributed by atoms with van der Waals surface area (Å²) in [6.07, 6.45) is 9.61. The van der Waals surface area contributed by atoms with Crippen LogP contribution >= 0.6 is 0 Å².